The molecular formula is C7H5F9O. The molecule has 0 amide bonds. The van der Waals surface area contributed by atoms with E-state index in [2.05, 4.69) is 0 Å². The lowest BCUT2D eigenvalue weighted by atomic mass is 9.80. The lowest BCUT2D eigenvalue weighted by molar-refractivity contribution is -0.428. The van der Waals surface area contributed by atoms with Gasteiger partial charge in [-0.2, -0.15) is 39.5 Å². The van der Waals surface area contributed by atoms with Crippen molar-refractivity contribution in [1.82, 2.24) is 0 Å². The van der Waals surface area contributed by atoms with Crippen molar-refractivity contribution in [1.29, 1.82) is 0 Å². The molecule has 0 aromatic carbocycles. The molecule has 0 radical (unpaired) electrons. The van der Waals surface area contributed by atoms with Gasteiger partial charge in [0.05, 0.1) is 0 Å². The van der Waals surface area contributed by atoms with Crippen LogP contribution in [0.3, 0.4) is 0 Å². The van der Waals surface area contributed by atoms with E-state index in [-0.39, 0.29) is 0 Å². The fourth-order valence-electron chi connectivity index (χ4n) is 1.18. The maximum absolute atomic E-state index is 12.1. The molecule has 0 N–H and O–H groups in total. The number of rotatable bonds is 3. The molecule has 0 saturated carbocycles. The number of aldehydes is 1. The van der Waals surface area contributed by atoms with E-state index >= 15 is 0 Å². The highest BCUT2D eigenvalue weighted by Crippen LogP contribution is 2.61. The molecule has 0 atom stereocenters. The average Bonchev–Trinajstić information content (AvgIpc) is 1.96. The third-order valence-corrected chi connectivity index (χ3v) is 2.09. The van der Waals surface area contributed by atoms with Crippen molar-refractivity contribution in [2.75, 3.05) is 0 Å². The topological polar surface area (TPSA) is 17.1 Å². The molecule has 0 rings (SSSR count). The predicted octanol–water partition coefficient (Wildman–Crippen LogP) is 3.64. The fourth-order valence-corrected chi connectivity index (χ4v) is 1.18. The van der Waals surface area contributed by atoms with Crippen molar-refractivity contribution >= 4 is 6.29 Å². The highest BCUT2D eigenvalue weighted by Gasteiger charge is 2.82. The predicted molar refractivity (Wildman–Crippen MR) is 35.9 cm³/mol. The molecule has 17 heavy (non-hydrogen) atoms. The van der Waals surface area contributed by atoms with Gasteiger partial charge in [-0.25, -0.2) is 0 Å². The number of alkyl halides is 9. The van der Waals surface area contributed by atoms with Crippen LogP contribution < -0.4 is 0 Å². The summed E-state index contributed by atoms with van der Waals surface area (Å²) in [6, 6.07) is 0. The second kappa shape index (κ2) is 4.37. The minimum atomic E-state index is -6.58. The molecule has 0 aliphatic rings. The number of hydrogen-bond acceptors (Lipinski definition) is 1. The third kappa shape index (κ3) is 2.65. The van der Waals surface area contributed by atoms with Gasteiger partial charge >= 0.3 is 18.5 Å². The smallest absolute Gasteiger partial charge is 0.303 e. The average molecular weight is 276 g/mol. The van der Waals surface area contributed by atoms with Crippen LogP contribution in [0.4, 0.5) is 39.5 Å². The molecule has 0 aromatic heterocycles. The Morgan fingerprint density at radius 2 is 1.00 bits per heavy atom. The first-order chi connectivity index (χ1) is 7.31. The van der Waals surface area contributed by atoms with E-state index < -0.39 is 43.1 Å². The van der Waals surface area contributed by atoms with E-state index in [0.717, 1.165) is 0 Å². The second-order valence-electron chi connectivity index (χ2n) is 3.10. The van der Waals surface area contributed by atoms with Crippen molar-refractivity contribution in [3.05, 3.63) is 0 Å². The Morgan fingerprint density at radius 3 is 1.18 bits per heavy atom. The summed E-state index contributed by atoms with van der Waals surface area (Å²) in [5, 5.41) is 0. The van der Waals surface area contributed by atoms with Crippen molar-refractivity contribution in [2.45, 2.75) is 31.4 Å². The normalized spacial score (nSPS) is 14.9. The molecule has 0 heterocycles. The van der Waals surface area contributed by atoms with Gasteiger partial charge in [0.2, 0.25) is 0 Å². The zero-order valence-corrected chi connectivity index (χ0v) is 7.80. The highest BCUT2D eigenvalue weighted by molar-refractivity contribution is 5.49. The van der Waals surface area contributed by atoms with Gasteiger partial charge in [-0.1, -0.05) is 0 Å². The van der Waals surface area contributed by atoms with Crippen LogP contribution >= 0.6 is 0 Å². The van der Waals surface area contributed by atoms with Crippen LogP contribution in [-0.4, -0.2) is 24.8 Å². The Hall–Kier alpha value is -0.960. The van der Waals surface area contributed by atoms with E-state index in [0.29, 0.717) is 0 Å². The van der Waals surface area contributed by atoms with Crippen LogP contribution in [0, 0.1) is 5.41 Å². The van der Waals surface area contributed by atoms with Gasteiger partial charge < -0.3 is 4.79 Å². The maximum atomic E-state index is 12.1. The van der Waals surface area contributed by atoms with Gasteiger partial charge in [0.1, 0.15) is 6.29 Å². The van der Waals surface area contributed by atoms with Crippen molar-refractivity contribution < 1.29 is 44.3 Å². The van der Waals surface area contributed by atoms with Crippen molar-refractivity contribution in [3.8, 4) is 0 Å². The van der Waals surface area contributed by atoms with Crippen LogP contribution in [0.2, 0.25) is 0 Å². The minimum Gasteiger partial charge on any atom is -0.303 e. The van der Waals surface area contributed by atoms with E-state index in [4.69, 9.17) is 0 Å². The summed E-state index contributed by atoms with van der Waals surface area (Å²) in [7, 11) is 0. The SMILES string of the molecule is O=CCCC(C(F)(F)F)(C(F)(F)F)C(F)(F)F. The first-order valence-electron chi connectivity index (χ1n) is 3.95. The molecule has 0 fully saturated rings. The van der Waals surface area contributed by atoms with Crippen molar-refractivity contribution in [2.24, 2.45) is 5.41 Å². The summed E-state index contributed by atoms with van der Waals surface area (Å²) in [6.45, 7) is 0. The number of halogens is 9. The standard InChI is InChI=1S/C7H5F9O/c8-5(9,10)4(2-1-3-17,6(11,12)13)7(14,15)16/h3H,1-2H2. The quantitative estimate of drug-likeness (QED) is 0.568. The van der Waals surface area contributed by atoms with Crippen LogP contribution in [-0.2, 0) is 4.79 Å². The molecule has 1 nitrogen and oxygen atoms in total. The Bertz CT molecular complexity index is 235. The van der Waals surface area contributed by atoms with E-state index in [1.807, 2.05) is 0 Å². The fraction of sp³-hybridized carbons (Fsp3) is 0.857. The van der Waals surface area contributed by atoms with Gasteiger partial charge in [0.25, 0.3) is 5.41 Å². The Balaban J connectivity index is 5.83. The number of hydrogen-bond donors (Lipinski definition) is 0. The second-order valence-corrected chi connectivity index (χ2v) is 3.10. The van der Waals surface area contributed by atoms with E-state index in [1.54, 1.807) is 0 Å². The van der Waals surface area contributed by atoms with E-state index in [1.165, 1.54) is 0 Å². The molecule has 0 bridgehead atoms. The van der Waals surface area contributed by atoms with Crippen LogP contribution in [0.15, 0.2) is 0 Å². The first-order valence-corrected chi connectivity index (χ1v) is 3.95. The molecule has 0 aliphatic heterocycles. The Labute approximate surface area is 88.6 Å². The zero-order chi connectivity index (χ0) is 14.1. The largest absolute Gasteiger partial charge is 0.412 e. The minimum absolute atomic E-state index is 0.433. The monoisotopic (exact) mass is 276 g/mol. The van der Waals surface area contributed by atoms with Crippen LogP contribution in [0.25, 0.3) is 0 Å². The third-order valence-electron chi connectivity index (χ3n) is 2.09. The van der Waals surface area contributed by atoms with Crippen LogP contribution in [0.1, 0.15) is 12.8 Å². The molecule has 0 spiro atoms. The maximum Gasteiger partial charge on any atom is 0.412 e. The molecule has 10 heteroatoms. The Kier molecular flexibility index (Phi) is 4.13. The lowest BCUT2D eigenvalue weighted by Crippen LogP contribution is -2.59. The van der Waals surface area contributed by atoms with Crippen LogP contribution in [0.5, 0.6) is 0 Å². The van der Waals surface area contributed by atoms with Gasteiger partial charge in [0.15, 0.2) is 0 Å². The van der Waals surface area contributed by atoms with Gasteiger partial charge in [-0.05, 0) is 6.42 Å². The number of carbonyl (C=O) groups is 1. The lowest BCUT2D eigenvalue weighted by Gasteiger charge is -2.38. The highest BCUT2D eigenvalue weighted by atomic mass is 19.4. The number of carbonyl (C=O) groups excluding carboxylic acids is 1. The molecule has 0 aromatic rings. The van der Waals surface area contributed by atoms with Gasteiger partial charge in [0, 0.05) is 6.42 Å². The zero-order valence-electron chi connectivity index (χ0n) is 7.80. The molecule has 0 saturated heterocycles. The summed E-state index contributed by atoms with van der Waals surface area (Å²) in [4.78, 5) is 9.73. The van der Waals surface area contributed by atoms with E-state index in [9.17, 15) is 44.3 Å². The summed E-state index contributed by atoms with van der Waals surface area (Å²) in [5.41, 5.74) is -5.87. The summed E-state index contributed by atoms with van der Waals surface area (Å²) < 4.78 is 109. The van der Waals surface area contributed by atoms with Gasteiger partial charge in [-0.3, -0.25) is 0 Å². The molecular weight excluding hydrogens is 271 g/mol. The molecule has 0 aliphatic carbocycles. The summed E-state index contributed by atoms with van der Waals surface area (Å²) in [6.07, 6.45) is -24.1. The molecule has 0 unspecified atom stereocenters. The summed E-state index contributed by atoms with van der Waals surface area (Å²) >= 11 is 0. The summed E-state index contributed by atoms with van der Waals surface area (Å²) in [5.74, 6) is 0. The molecule has 102 valence electrons. The van der Waals surface area contributed by atoms with Gasteiger partial charge in [-0.15, -0.1) is 0 Å². The van der Waals surface area contributed by atoms with Crippen molar-refractivity contribution in [3.63, 3.8) is 0 Å². The Morgan fingerprint density at radius 1 is 0.706 bits per heavy atom. The first kappa shape index (κ1) is 16.0.